The third-order valence-electron chi connectivity index (χ3n) is 2.48. The molecule has 0 bridgehead atoms. The highest BCUT2D eigenvalue weighted by atomic mass is 32.2. The van der Waals surface area contributed by atoms with Crippen LogP contribution in [0.4, 0.5) is 0 Å². The highest BCUT2D eigenvalue weighted by Crippen LogP contribution is 2.22. The van der Waals surface area contributed by atoms with Crippen LogP contribution in [0.3, 0.4) is 0 Å². The van der Waals surface area contributed by atoms with Gasteiger partial charge in [-0.15, -0.1) is 0 Å². The molecule has 1 aliphatic rings. The highest BCUT2D eigenvalue weighted by molar-refractivity contribution is 7.99. The van der Waals surface area contributed by atoms with E-state index in [4.69, 9.17) is 4.74 Å². The standard InChI is InChI=1S/C11H19NO2S/c1-3-4-11(13)12(6-7-14-2)10-5-8-15-9-10/h3-4,10H,5-9H2,1-2H3. The molecule has 1 atom stereocenters. The Morgan fingerprint density at radius 1 is 1.67 bits per heavy atom. The molecule has 1 heterocycles. The summed E-state index contributed by atoms with van der Waals surface area (Å²) >= 11 is 1.92. The third kappa shape index (κ3) is 3.87. The van der Waals surface area contributed by atoms with E-state index in [1.165, 1.54) is 0 Å². The van der Waals surface area contributed by atoms with Gasteiger partial charge in [-0.1, -0.05) is 6.08 Å². The van der Waals surface area contributed by atoms with Crippen LogP contribution >= 0.6 is 11.8 Å². The van der Waals surface area contributed by atoms with E-state index in [9.17, 15) is 4.79 Å². The van der Waals surface area contributed by atoms with Gasteiger partial charge in [0.05, 0.1) is 6.61 Å². The summed E-state index contributed by atoms with van der Waals surface area (Å²) in [6, 6.07) is 0.397. The number of methoxy groups -OCH3 is 1. The number of rotatable bonds is 5. The maximum absolute atomic E-state index is 11.8. The third-order valence-corrected chi connectivity index (χ3v) is 3.62. The molecule has 86 valence electrons. The number of nitrogens with zero attached hydrogens (tertiary/aromatic N) is 1. The summed E-state index contributed by atoms with van der Waals surface area (Å²) in [6.07, 6.45) is 4.54. The zero-order chi connectivity index (χ0) is 11.1. The van der Waals surface area contributed by atoms with Crippen molar-refractivity contribution in [3.8, 4) is 0 Å². The lowest BCUT2D eigenvalue weighted by Gasteiger charge is -2.27. The molecule has 1 unspecified atom stereocenters. The summed E-state index contributed by atoms with van der Waals surface area (Å²) in [7, 11) is 1.67. The Labute approximate surface area is 95.9 Å². The molecule has 1 fully saturated rings. The van der Waals surface area contributed by atoms with Crippen molar-refractivity contribution in [2.75, 3.05) is 31.8 Å². The molecule has 0 radical (unpaired) electrons. The van der Waals surface area contributed by atoms with Gasteiger partial charge in [0.15, 0.2) is 0 Å². The summed E-state index contributed by atoms with van der Waals surface area (Å²) in [5, 5.41) is 0. The van der Waals surface area contributed by atoms with Gasteiger partial charge in [-0.3, -0.25) is 4.79 Å². The molecule has 3 nitrogen and oxygen atoms in total. The van der Waals surface area contributed by atoms with Crippen molar-refractivity contribution in [3.05, 3.63) is 12.2 Å². The number of carbonyl (C=O) groups is 1. The topological polar surface area (TPSA) is 29.5 Å². The van der Waals surface area contributed by atoms with Crippen LogP contribution in [0.15, 0.2) is 12.2 Å². The van der Waals surface area contributed by atoms with E-state index >= 15 is 0 Å². The molecule has 1 rings (SSSR count). The Hall–Kier alpha value is -0.480. The first-order valence-corrected chi connectivity index (χ1v) is 6.45. The fourth-order valence-corrected chi connectivity index (χ4v) is 2.89. The van der Waals surface area contributed by atoms with E-state index in [-0.39, 0.29) is 5.91 Å². The number of allylic oxidation sites excluding steroid dienone is 1. The van der Waals surface area contributed by atoms with Crippen LogP contribution < -0.4 is 0 Å². The molecule has 0 saturated carbocycles. The van der Waals surface area contributed by atoms with Crippen LogP contribution in [0.25, 0.3) is 0 Å². The first-order chi connectivity index (χ1) is 7.29. The predicted octanol–water partition coefficient (Wildman–Crippen LogP) is 1.54. The van der Waals surface area contributed by atoms with Crippen molar-refractivity contribution in [2.24, 2.45) is 0 Å². The molecule has 1 aliphatic heterocycles. The lowest BCUT2D eigenvalue weighted by molar-refractivity contribution is -0.128. The number of thioether (sulfide) groups is 1. The molecule has 15 heavy (non-hydrogen) atoms. The molecule has 0 aliphatic carbocycles. The van der Waals surface area contributed by atoms with E-state index in [2.05, 4.69) is 0 Å². The highest BCUT2D eigenvalue weighted by Gasteiger charge is 2.25. The van der Waals surface area contributed by atoms with Crippen LogP contribution in [0.5, 0.6) is 0 Å². The maximum atomic E-state index is 11.8. The van der Waals surface area contributed by atoms with Gasteiger partial charge in [-0.25, -0.2) is 0 Å². The number of ether oxygens (including phenoxy) is 1. The fourth-order valence-electron chi connectivity index (χ4n) is 1.67. The Morgan fingerprint density at radius 3 is 3.00 bits per heavy atom. The fraction of sp³-hybridized carbons (Fsp3) is 0.727. The van der Waals surface area contributed by atoms with Crippen molar-refractivity contribution in [2.45, 2.75) is 19.4 Å². The Morgan fingerprint density at radius 2 is 2.47 bits per heavy atom. The summed E-state index contributed by atoms with van der Waals surface area (Å²) < 4.78 is 5.04. The molecular formula is C11H19NO2S. The lowest BCUT2D eigenvalue weighted by Crippen LogP contribution is -2.41. The molecule has 0 spiro atoms. The largest absolute Gasteiger partial charge is 0.383 e. The van der Waals surface area contributed by atoms with E-state index in [1.807, 2.05) is 23.6 Å². The van der Waals surface area contributed by atoms with Crippen LogP contribution in [-0.2, 0) is 9.53 Å². The van der Waals surface area contributed by atoms with E-state index in [1.54, 1.807) is 19.3 Å². The van der Waals surface area contributed by atoms with Gasteiger partial charge in [0, 0.05) is 25.4 Å². The Kier molecular flexibility index (Phi) is 5.79. The van der Waals surface area contributed by atoms with Crippen molar-refractivity contribution < 1.29 is 9.53 Å². The van der Waals surface area contributed by atoms with E-state index in [0.717, 1.165) is 17.9 Å². The monoisotopic (exact) mass is 229 g/mol. The number of hydrogen-bond acceptors (Lipinski definition) is 3. The van der Waals surface area contributed by atoms with E-state index in [0.29, 0.717) is 19.2 Å². The summed E-state index contributed by atoms with van der Waals surface area (Å²) in [4.78, 5) is 13.7. The molecule has 4 heteroatoms. The summed E-state index contributed by atoms with van der Waals surface area (Å²) in [6.45, 7) is 3.19. The Bertz CT molecular complexity index is 225. The summed E-state index contributed by atoms with van der Waals surface area (Å²) in [5.74, 6) is 2.34. The molecule has 0 aromatic carbocycles. The molecule has 0 aromatic rings. The molecular weight excluding hydrogens is 210 g/mol. The second kappa shape index (κ2) is 6.90. The van der Waals surface area contributed by atoms with Crippen LogP contribution in [0, 0.1) is 0 Å². The van der Waals surface area contributed by atoms with Crippen LogP contribution in [0.1, 0.15) is 13.3 Å². The molecule has 1 saturated heterocycles. The van der Waals surface area contributed by atoms with Gasteiger partial charge >= 0.3 is 0 Å². The first kappa shape index (κ1) is 12.6. The van der Waals surface area contributed by atoms with Crippen molar-refractivity contribution in [1.82, 2.24) is 4.90 Å². The number of carbonyl (C=O) groups excluding carboxylic acids is 1. The van der Waals surface area contributed by atoms with Gasteiger partial charge in [0.1, 0.15) is 0 Å². The number of amides is 1. The van der Waals surface area contributed by atoms with E-state index < -0.39 is 0 Å². The minimum absolute atomic E-state index is 0.113. The average molecular weight is 229 g/mol. The second-order valence-corrected chi connectivity index (χ2v) is 4.69. The van der Waals surface area contributed by atoms with Gasteiger partial charge in [-0.2, -0.15) is 11.8 Å². The minimum atomic E-state index is 0.113. The average Bonchev–Trinajstić information content (AvgIpc) is 2.72. The van der Waals surface area contributed by atoms with Gasteiger partial charge in [0.25, 0.3) is 0 Å². The zero-order valence-corrected chi connectivity index (χ0v) is 10.3. The smallest absolute Gasteiger partial charge is 0.246 e. The normalized spacial score (nSPS) is 21.1. The maximum Gasteiger partial charge on any atom is 0.246 e. The molecule has 0 aromatic heterocycles. The lowest BCUT2D eigenvalue weighted by atomic mass is 10.2. The van der Waals surface area contributed by atoms with Crippen molar-refractivity contribution in [3.63, 3.8) is 0 Å². The number of hydrogen-bond donors (Lipinski definition) is 0. The minimum Gasteiger partial charge on any atom is -0.383 e. The van der Waals surface area contributed by atoms with Gasteiger partial charge in [0.2, 0.25) is 5.91 Å². The van der Waals surface area contributed by atoms with Crippen molar-refractivity contribution >= 4 is 17.7 Å². The van der Waals surface area contributed by atoms with Gasteiger partial charge in [-0.05, 0) is 25.2 Å². The molecule has 0 N–H and O–H groups in total. The zero-order valence-electron chi connectivity index (χ0n) is 9.44. The SMILES string of the molecule is CC=CC(=O)N(CCOC)C1CCSC1. The van der Waals surface area contributed by atoms with Gasteiger partial charge < -0.3 is 9.64 Å². The predicted molar refractivity (Wildman–Crippen MR) is 64.1 cm³/mol. The van der Waals surface area contributed by atoms with Crippen molar-refractivity contribution in [1.29, 1.82) is 0 Å². The summed E-state index contributed by atoms with van der Waals surface area (Å²) in [5.41, 5.74) is 0. The Balaban J connectivity index is 2.54. The first-order valence-electron chi connectivity index (χ1n) is 5.29. The van der Waals surface area contributed by atoms with Crippen LogP contribution in [0.2, 0.25) is 0 Å². The van der Waals surface area contributed by atoms with Crippen LogP contribution in [-0.4, -0.2) is 48.6 Å². The molecule has 1 amide bonds. The second-order valence-electron chi connectivity index (χ2n) is 3.54. The quantitative estimate of drug-likeness (QED) is 0.670.